The number of likely N-dealkylation sites (tertiary alicyclic amines) is 1. The third kappa shape index (κ3) is 3.97. The van der Waals surface area contributed by atoms with Gasteiger partial charge in [0.15, 0.2) is 0 Å². The summed E-state index contributed by atoms with van der Waals surface area (Å²) in [6, 6.07) is 7.27. The highest BCUT2D eigenvalue weighted by Crippen LogP contribution is 2.21. The predicted octanol–water partition coefficient (Wildman–Crippen LogP) is 2.28. The van der Waals surface area contributed by atoms with Gasteiger partial charge in [-0.05, 0) is 45.0 Å². The lowest BCUT2D eigenvalue weighted by Crippen LogP contribution is -2.28. The Kier molecular flexibility index (Phi) is 4.83. The lowest BCUT2D eigenvalue weighted by Gasteiger charge is -2.14. The Morgan fingerprint density at radius 3 is 2.57 bits per heavy atom. The number of anilines is 1. The molecule has 0 radical (unpaired) electrons. The summed E-state index contributed by atoms with van der Waals surface area (Å²) in [4.78, 5) is 25.5. The van der Waals surface area contributed by atoms with Crippen molar-refractivity contribution in [2.75, 3.05) is 18.4 Å². The van der Waals surface area contributed by atoms with E-state index in [-0.39, 0.29) is 23.8 Å². The number of rotatable bonds is 5. The molecule has 1 N–H and O–H groups in total. The van der Waals surface area contributed by atoms with Crippen LogP contribution < -0.4 is 10.1 Å². The van der Waals surface area contributed by atoms with E-state index in [1.807, 2.05) is 45.0 Å². The second-order valence-electron chi connectivity index (χ2n) is 5.51. The number of hydrogen-bond donors (Lipinski definition) is 1. The van der Waals surface area contributed by atoms with Crippen LogP contribution in [0.2, 0.25) is 0 Å². The van der Waals surface area contributed by atoms with Gasteiger partial charge in [-0.15, -0.1) is 0 Å². The van der Waals surface area contributed by atoms with Crippen LogP contribution in [0.5, 0.6) is 5.75 Å². The van der Waals surface area contributed by atoms with Crippen LogP contribution in [0.3, 0.4) is 0 Å². The fourth-order valence-electron chi connectivity index (χ4n) is 2.39. The number of nitrogens with one attached hydrogen (secondary N) is 1. The molecule has 1 aromatic carbocycles. The minimum Gasteiger partial charge on any atom is -0.491 e. The number of carbonyl (C=O) groups excluding carboxylic acids is 2. The van der Waals surface area contributed by atoms with Gasteiger partial charge in [0, 0.05) is 25.2 Å². The van der Waals surface area contributed by atoms with Crippen molar-refractivity contribution < 1.29 is 14.3 Å². The zero-order valence-corrected chi connectivity index (χ0v) is 12.8. The number of benzene rings is 1. The number of amides is 2. The lowest BCUT2D eigenvalue weighted by atomic mass is 10.1. The Morgan fingerprint density at radius 2 is 2.05 bits per heavy atom. The molecule has 1 heterocycles. The summed E-state index contributed by atoms with van der Waals surface area (Å²) in [5, 5.41) is 2.86. The molecule has 1 fully saturated rings. The van der Waals surface area contributed by atoms with Crippen molar-refractivity contribution >= 4 is 17.5 Å². The molecule has 5 nitrogen and oxygen atoms in total. The molecule has 2 rings (SSSR count). The molecule has 114 valence electrons. The molecule has 21 heavy (non-hydrogen) atoms. The minimum atomic E-state index is -0.260. The van der Waals surface area contributed by atoms with Crippen molar-refractivity contribution in [2.24, 2.45) is 5.92 Å². The summed E-state index contributed by atoms with van der Waals surface area (Å²) in [6.45, 7) is 7.02. The monoisotopic (exact) mass is 290 g/mol. The normalized spacial score (nSPS) is 18.2. The third-order valence-electron chi connectivity index (χ3n) is 3.46. The largest absolute Gasteiger partial charge is 0.491 e. The van der Waals surface area contributed by atoms with Gasteiger partial charge < -0.3 is 15.0 Å². The van der Waals surface area contributed by atoms with Crippen LogP contribution in [-0.2, 0) is 9.59 Å². The maximum atomic E-state index is 12.2. The maximum Gasteiger partial charge on any atom is 0.229 e. The first-order valence-corrected chi connectivity index (χ1v) is 7.35. The SMILES string of the molecule is CCN1CC(C(=O)Nc2ccc(OC(C)C)cc2)CC1=O. The molecule has 0 aromatic heterocycles. The maximum absolute atomic E-state index is 12.2. The van der Waals surface area contributed by atoms with Crippen LogP contribution in [0.15, 0.2) is 24.3 Å². The summed E-state index contributed by atoms with van der Waals surface area (Å²) in [5.74, 6) is 0.468. The molecule has 0 bridgehead atoms. The molecule has 5 heteroatoms. The van der Waals surface area contributed by atoms with Gasteiger partial charge in [0.25, 0.3) is 0 Å². The smallest absolute Gasteiger partial charge is 0.229 e. The van der Waals surface area contributed by atoms with Gasteiger partial charge >= 0.3 is 0 Å². The van der Waals surface area contributed by atoms with Gasteiger partial charge in [0.2, 0.25) is 11.8 Å². The summed E-state index contributed by atoms with van der Waals surface area (Å²) in [6.07, 6.45) is 0.420. The minimum absolute atomic E-state index is 0.0540. The quantitative estimate of drug-likeness (QED) is 0.905. The van der Waals surface area contributed by atoms with E-state index >= 15 is 0 Å². The van der Waals surface area contributed by atoms with Crippen molar-refractivity contribution in [2.45, 2.75) is 33.3 Å². The van der Waals surface area contributed by atoms with Crippen LogP contribution >= 0.6 is 0 Å². The fraction of sp³-hybridized carbons (Fsp3) is 0.500. The van der Waals surface area contributed by atoms with Gasteiger partial charge in [-0.3, -0.25) is 9.59 Å². The number of hydrogen-bond acceptors (Lipinski definition) is 3. The first kappa shape index (κ1) is 15.4. The van der Waals surface area contributed by atoms with Gasteiger partial charge in [-0.2, -0.15) is 0 Å². The number of nitrogens with zero attached hydrogens (tertiary/aromatic N) is 1. The summed E-state index contributed by atoms with van der Waals surface area (Å²) in [7, 11) is 0. The molecule has 0 spiro atoms. The van der Waals surface area contributed by atoms with Crippen molar-refractivity contribution in [3.05, 3.63) is 24.3 Å². The van der Waals surface area contributed by atoms with E-state index in [0.29, 0.717) is 19.5 Å². The van der Waals surface area contributed by atoms with E-state index < -0.39 is 0 Å². The standard InChI is InChI=1S/C16H22N2O3/c1-4-18-10-12(9-15(18)19)16(20)17-13-5-7-14(8-6-13)21-11(2)3/h5-8,11-12H,4,9-10H2,1-3H3,(H,17,20). The van der Waals surface area contributed by atoms with Crippen molar-refractivity contribution in [3.63, 3.8) is 0 Å². The van der Waals surface area contributed by atoms with Crippen LogP contribution in [0.25, 0.3) is 0 Å². The second-order valence-corrected chi connectivity index (χ2v) is 5.51. The third-order valence-corrected chi connectivity index (χ3v) is 3.46. The Hall–Kier alpha value is -2.04. The van der Waals surface area contributed by atoms with Crippen LogP contribution in [0.4, 0.5) is 5.69 Å². The Morgan fingerprint density at radius 1 is 1.38 bits per heavy atom. The average molecular weight is 290 g/mol. The Labute approximate surface area is 125 Å². The molecule has 1 aromatic rings. The van der Waals surface area contributed by atoms with Gasteiger partial charge in [0.1, 0.15) is 5.75 Å². The molecular weight excluding hydrogens is 268 g/mol. The predicted molar refractivity (Wildman–Crippen MR) is 81.2 cm³/mol. The molecule has 1 unspecified atom stereocenters. The summed E-state index contributed by atoms with van der Waals surface area (Å²) in [5.41, 5.74) is 0.721. The molecule has 2 amide bonds. The molecular formula is C16H22N2O3. The van der Waals surface area contributed by atoms with Crippen LogP contribution in [-0.4, -0.2) is 35.9 Å². The van der Waals surface area contributed by atoms with Gasteiger partial charge in [-0.1, -0.05) is 0 Å². The van der Waals surface area contributed by atoms with E-state index in [0.717, 1.165) is 11.4 Å². The Balaban J connectivity index is 1.92. The van der Waals surface area contributed by atoms with Crippen molar-refractivity contribution in [3.8, 4) is 5.75 Å². The van der Waals surface area contributed by atoms with E-state index in [1.54, 1.807) is 4.90 Å². The topological polar surface area (TPSA) is 58.6 Å². The van der Waals surface area contributed by atoms with Crippen LogP contribution in [0, 0.1) is 5.92 Å². The molecule has 1 aliphatic rings. The molecule has 0 saturated carbocycles. The molecule has 1 saturated heterocycles. The molecule has 1 atom stereocenters. The van der Waals surface area contributed by atoms with E-state index in [2.05, 4.69) is 5.32 Å². The first-order chi connectivity index (χ1) is 9.99. The highest BCUT2D eigenvalue weighted by atomic mass is 16.5. The highest BCUT2D eigenvalue weighted by Gasteiger charge is 2.33. The number of carbonyl (C=O) groups is 2. The van der Waals surface area contributed by atoms with Crippen LogP contribution in [0.1, 0.15) is 27.2 Å². The van der Waals surface area contributed by atoms with Gasteiger partial charge in [-0.25, -0.2) is 0 Å². The van der Waals surface area contributed by atoms with E-state index in [1.165, 1.54) is 0 Å². The highest BCUT2D eigenvalue weighted by molar-refractivity contribution is 5.97. The van der Waals surface area contributed by atoms with E-state index in [4.69, 9.17) is 4.74 Å². The first-order valence-electron chi connectivity index (χ1n) is 7.35. The Bertz CT molecular complexity index is 511. The van der Waals surface area contributed by atoms with E-state index in [9.17, 15) is 9.59 Å². The van der Waals surface area contributed by atoms with Crippen molar-refractivity contribution in [1.29, 1.82) is 0 Å². The second kappa shape index (κ2) is 6.61. The summed E-state index contributed by atoms with van der Waals surface area (Å²) < 4.78 is 5.55. The fourth-order valence-corrected chi connectivity index (χ4v) is 2.39. The molecule has 0 aliphatic carbocycles. The molecule has 1 aliphatic heterocycles. The zero-order chi connectivity index (χ0) is 15.4. The zero-order valence-electron chi connectivity index (χ0n) is 12.8. The lowest BCUT2D eigenvalue weighted by molar-refractivity contribution is -0.128. The van der Waals surface area contributed by atoms with Gasteiger partial charge in [0.05, 0.1) is 12.0 Å². The average Bonchev–Trinajstić information content (AvgIpc) is 2.82. The number of ether oxygens (including phenoxy) is 1. The summed E-state index contributed by atoms with van der Waals surface area (Å²) >= 11 is 0. The van der Waals surface area contributed by atoms with Crippen molar-refractivity contribution in [1.82, 2.24) is 4.90 Å².